The van der Waals surface area contributed by atoms with E-state index in [1.54, 1.807) is 37.5 Å². The molecule has 0 heterocycles. The molecular weight excluding hydrogens is 422 g/mol. The number of carbonyl (C=O) groups is 2. The Morgan fingerprint density at radius 2 is 1.39 bits per heavy atom. The zero-order valence-electron chi connectivity index (χ0n) is 20.3. The van der Waals surface area contributed by atoms with Gasteiger partial charge in [-0.1, -0.05) is 18.2 Å². The second-order valence-electron chi connectivity index (χ2n) is 7.54. The van der Waals surface area contributed by atoms with Crippen LogP contribution < -0.4 is 18.9 Å². The number of hydrogen-bond donors (Lipinski definition) is 0. The third kappa shape index (κ3) is 6.14. The van der Waals surface area contributed by atoms with Crippen molar-refractivity contribution in [3.05, 3.63) is 53.6 Å². The number of esters is 1. The molecule has 7 heteroatoms. The van der Waals surface area contributed by atoms with Gasteiger partial charge in [-0.2, -0.15) is 0 Å². The minimum absolute atomic E-state index is 0.174. The summed E-state index contributed by atoms with van der Waals surface area (Å²) < 4.78 is 22.4. The fourth-order valence-electron chi connectivity index (χ4n) is 3.74. The van der Waals surface area contributed by atoms with E-state index in [0.29, 0.717) is 27.3 Å². The highest BCUT2D eigenvalue weighted by atomic mass is 16.5. The summed E-state index contributed by atoms with van der Waals surface area (Å²) in [5.74, 6) is 0.832. The van der Waals surface area contributed by atoms with Crippen LogP contribution in [-0.4, -0.2) is 63.7 Å². The summed E-state index contributed by atoms with van der Waals surface area (Å²) in [5.41, 5.74) is 0.864. The summed E-state index contributed by atoms with van der Waals surface area (Å²) in [5, 5.41) is 0. The van der Waals surface area contributed by atoms with Crippen LogP contribution in [0.15, 0.2) is 42.5 Å². The highest BCUT2D eigenvalue weighted by Gasteiger charge is 2.27. The van der Waals surface area contributed by atoms with Gasteiger partial charge < -0.3 is 23.4 Å². The molecule has 0 amide bonds. The normalized spacial score (nSPS) is 11.3. The van der Waals surface area contributed by atoms with E-state index < -0.39 is 0 Å². The quantitative estimate of drug-likeness (QED) is 0.155. The Morgan fingerprint density at radius 1 is 0.818 bits per heavy atom. The molecule has 0 bridgehead atoms. The van der Waals surface area contributed by atoms with E-state index >= 15 is 0 Å². The van der Waals surface area contributed by atoms with Crippen LogP contribution in [0.1, 0.15) is 36.7 Å². The first-order valence-corrected chi connectivity index (χ1v) is 11.0. The highest BCUT2D eigenvalue weighted by Crippen LogP contribution is 2.33. The largest absolute Gasteiger partial charge is 0.496 e. The predicted octanol–water partition coefficient (Wildman–Crippen LogP) is 4.39. The lowest BCUT2D eigenvalue weighted by Crippen LogP contribution is -2.51. The molecule has 2 aromatic carbocycles. The number of carbonyl (C=O) groups excluding carboxylic acids is 2. The van der Waals surface area contributed by atoms with Crippen molar-refractivity contribution in [2.24, 2.45) is 0 Å². The number of rotatable bonds is 12. The fraction of sp³-hybridized carbons (Fsp3) is 0.385. The summed E-state index contributed by atoms with van der Waals surface area (Å²) in [6.07, 6.45) is 3.03. The molecule has 0 aliphatic carbocycles. The Labute approximate surface area is 196 Å². The van der Waals surface area contributed by atoms with Crippen LogP contribution in [0.2, 0.25) is 0 Å². The van der Waals surface area contributed by atoms with Gasteiger partial charge in [0.1, 0.15) is 17.1 Å². The van der Waals surface area contributed by atoms with Gasteiger partial charge in [-0.15, -0.1) is 0 Å². The third-order valence-corrected chi connectivity index (χ3v) is 6.00. The topological polar surface area (TPSA) is 71.1 Å². The van der Waals surface area contributed by atoms with E-state index in [0.717, 1.165) is 19.6 Å². The van der Waals surface area contributed by atoms with Gasteiger partial charge >= 0.3 is 5.97 Å². The van der Waals surface area contributed by atoms with Crippen molar-refractivity contribution in [2.45, 2.75) is 20.8 Å². The van der Waals surface area contributed by atoms with E-state index in [9.17, 15) is 9.59 Å². The van der Waals surface area contributed by atoms with Gasteiger partial charge in [0.25, 0.3) is 0 Å². The maximum Gasteiger partial charge on any atom is 0.367 e. The minimum Gasteiger partial charge on any atom is -0.496 e. The SMILES string of the molecule is CC[N+](CC)(CC)CC(=O)Oc1cccc(OC)c1C(=O)/C=C/c1cccc(OC)c1OC. The van der Waals surface area contributed by atoms with Crippen LogP contribution in [0.3, 0.4) is 0 Å². The van der Waals surface area contributed by atoms with Crippen molar-refractivity contribution >= 4 is 17.8 Å². The molecule has 0 aromatic heterocycles. The summed E-state index contributed by atoms with van der Waals surface area (Å²) in [7, 11) is 4.56. The Balaban J connectivity index is 2.36. The molecule has 2 aromatic rings. The number of ether oxygens (including phenoxy) is 4. The number of ketones is 1. The second-order valence-corrected chi connectivity index (χ2v) is 7.54. The smallest absolute Gasteiger partial charge is 0.367 e. The number of methoxy groups -OCH3 is 3. The summed E-state index contributed by atoms with van der Waals surface area (Å²) >= 11 is 0. The molecular formula is C26H34NO6+. The molecule has 0 spiro atoms. The number of quaternary nitrogens is 1. The predicted molar refractivity (Wildman–Crippen MR) is 128 cm³/mol. The first-order valence-electron chi connectivity index (χ1n) is 11.0. The van der Waals surface area contributed by atoms with Crippen LogP contribution in [0.4, 0.5) is 0 Å². The minimum atomic E-state index is -0.388. The van der Waals surface area contributed by atoms with Gasteiger partial charge in [0.15, 0.2) is 23.8 Å². The number of hydrogen-bond acceptors (Lipinski definition) is 6. The molecule has 0 saturated heterocycles. The number of benzene rings is 2. The Morgan fingerprint density at radius 3 is 1.97 bits per heavy atom. The third-order valence-electron chi connectivity index (χ3n) is 6.00. The molecule has 0 N–H and O–H groups in total. The van der Waals surface area contributed by atoms with Crippen LogP contribution >= 0.6 is 0 Å². The van der Waals surface area contributed by atoms with Crippen molar-refractivity contribution in [1.29, 1.82) is 0 Å². The number of likely N-dealkylation sites (N-methyl/N-ethyl adjacent to an activating group) is 1. The molecule has 0 aliphatic rings. The van der Waals surface area contributed by atoms with E-state index in [-0.39, 0.29) is 29.6 Å². The lowest BCUT2D eigenvalue weighted by Gasteiger charge is -2.34. The zero-order chi connectivity index (χ0) is 24.4. The van der Waals surface area contributed by atoms with Crippen molar-refractivity contribution in [1.82, 2.24) is 0 Å². The van der Waals surface area contributed by atoms with E-state index in [4.69, 9.17) is 18.9 Å². The molecule has 33 heavy (non-hydrogen) atoms. The number of nitrogens with zero attached hydrogens (tertiary/aromatic N) is 1. The van der Waals surface area contributed by atoms with Gasteiger partial charge in [0, 0.05) is 5.56 Å². The zero-order valence-corrected chi connectivity index (χ0v) is 20.3. The van der Waals surface area contributed by atoms with Crippen molar-refractivity contribution in [3.63, 3.8) is 0 Å². The molecule has 0 atom stereocenters. The molecule has 0 aliphatic heterocycles. The lowest BCUT2D eigenvalue weighted by atomic mass is 10.1. The average Bonchev–Trinajstić information content (AvgIpc) is 2.85. The van der Waals surface area contributed by atoms with Crippen molar-refractivity contribution < 1.29 is 33.0 Å². The van der Waals surface area contributed by atoms with E-state index in [1.807, 2.05) is 12.1 Å². The van der Waals surface area contributed by atoms with Gasteiger partial charge in [-0.25, -0.2) is 4.79 Å². The lowest BCUT2D eigenvalue weighted by molar-refractivity contribution is -0.916. The van der Waals surface area contributed by atoms with Gasteiger partial charge in [0.2, 0.25) is 0 Å². The second kappa shape index (κ2) is 12.1. The Kier molecular flexibility index (Phi) is 9.48. The summed E-state index contributed by atoms with van der Waals surface area (Å²) in [4.78, 5) is 25.9. The number of para-hydroxylation sites is 1. The molecule has 0 fully saturated rings. The Bertz CT molecular complexity index is 986. The van der Waals surface area contributed by atoms with Gasteiger partial charge in [0.05, 0.1) is 41.0 Å². The summed E-state index contributed by atoms with van der Waals surface area (Å²) in [6, 6.07) is 10.3. The van der Waals surface area contributed by atoms with Gasteiger partial charge in [-0.3, -0.25) is 4.79 Å². The van der Waals surface area contributed by atoms with Crippen molar-refractivity contribution in [3.8, 4) is 23.0 Å². The van der Waals surface area contributed by atoms with Crippen molar-refractivity contribution in [2.75, 3.05) is 47.5 Å². The molecule has 0 radical (unpaired) electrons. The maximum absolute atomic E-state index is 13.2. The maximum atomic E-state index is 13.2. The molecule has 0 saturated carbocycles. The highest BCUT2D eigenvalue weighted by molar-refractivity contribution is 6.11. The van der Waals surface area contributed by atoms with Crippen LogP contribution in [0, 0.1) is 0 Å². The monoisotopic (exact) mass is 456 g/mol. The molecule has 0 unspecified atom stereocenters. The Hall–Kier alpha value is -3.32. The van der Waals surface area contributed by atoms with E-state index in [1.165, 1.54) is 20.3 Å². The number of allylic oxidation sites excluding steroid dienone is 1. The molecule has 7 nitrogen and oxygen atoms in total. The fourth-order valence-corrected chi connectivity index (χ4v) is 3.74. The van der Waals surface area contributed by atoms with Gasteiger partial charge in [-0.05, 0) is 51.1 Å². The van der Waals surface area contributed by atoms with Crippen LogP contribution in [-0.2, 0) is 4.79 Å². The molecule has 2 rings (SSSR count). The average molecular weight is 457 g/mol. The first kappa shape index (κ1) is 25.9. The molecule has 178 valence electrons. The first-order chi connectivity index (χ1) is 15.9. The summed E-state index contributed by atoms with van der Waals surface area (Å²) in [6.45, 7) is 8.84. The standard InChI is InChI=1S/C26H34NO6/c1-7-27(8-2,9-3)18-24(29)33-22-14-11-13-21(30-4)25(22)20(28)17-16-19-12-10-15-23(31-5)26(19)32-6/h10-17H,7-9,18H2,1-6H3/q+1/b17-16+. The van der Waals surface area contributed by atoms with E-state index in [2.05, 4.69) is 20.8 Å². The van der Waals surface area contributed by atoms with Crippen LogP contribution in [0.25, 0.3) is 6.08 Å². The van der Waals surface area contributed by atoms with Crippen LogP contribution in [0.5, 0.6) is 23.0 Å².